The van der Waals surface area contributed by atoms with Gasteiger partial charge in [0, 0.05) is 31.0 Å². The van der Waals surface area contributed by atoms with Gasteiger partial charge in [0.1, 0.15) is 10.8 Å². The van der Waals surface area contributed by atoms with Gasteiger partial charge in [-0.2, -0.15) is 0 Å². The molecule has 6 heteroatoms. The van der Waals surface area contributed by atoms with E-state index in [1.54, 1.807) is 7.11 Å². The van der Waals surface area contributed by atoms with Gasteiger partial charge in [-0.15, -0.1) is 0 Å². The lowest BCUT2D eigenvalue weighted by molar-refractivity contribution is -0.119. The molecule has 1 amide bonds. The summed E-state index contributed by atoms with van der Waals surface area (Å²) in [7, 11) is 1.55. The number of aromatic amines is 1. The maximum Gasteiger partial charge on any atom is 0.216 e. The van der Waals surface area contributed by atoms with Crippen LogP contribution in [0.3, 0.4) is 0 Å². The van der Waals surface area contributed by atoms with Crippen LogP contribution in [0, 0.1) is 0 Å². The number of amides is 1. The molecular formula is C14H16Cl2N2O2. The first-order valence-corrected chi connectivity index (χ1v) is 6.98. The smallest absolute Gasteiger partial charge is 0.216 e. The van der Waals surface area contributed by atoms with Crippen LogP contribution in [0.15, 0.2) is 12.3 Å². The van der Waals surface area contributed by atoms with Crippen LogP contribution in [-0.4, -0.2) is 24.5 Å². The Morgan fingerprint density at radius 1 is 1.45 bits per heavy atom. The molecule has 1 aromatic heterocycles. The minimum atomic E-state index is -0.0460. The molecule has 0 aliphatic heterocycles. The third kappa shape index (κ3) is 2.72. The van der Waals surface area contributed by atoms with E-state index in [0.717, 1.165) is 16.5 Å². The number of nitrogens with one attached hydrogen (secondary N) is 2. The van der Waals surface area contributed by atoms with Gasteiger partial charge in [-0.25, -0.2) is 0 Å². The van der Waals surface area contributed by atoms with Crippen LogP contribution in [0.4, 0.5) is 0 Å². The maximum atomic E-state index is 11.0. The summed E-state index contributed by atoms with van der Waals surface area (Å²) in [5.41, 5.74) is 1.84. The molecule has 1 aromatic carbocycles. The molecule has 0 spiro atoms. The molecule has 0 fully saturated rings. The van der Waals surface area contributed by atoms with Crippen molar-refractivity contribution in [1.29, 1.82) is 0 Å². The predicted octanol–water partition coefficient (Wildman–Crippen LogP) is 3.72. The van der Waals surface area contributed by atoms with E-state index in [9.17, 15) is 4.79 Å². The Kier molecular flexibility index (Phi) is 4.45. The van der Waals surface area contributed by atoms with Crippen LogP contribution in [0.5, 0.6) is 5.75 Å². The van der Waals surface area contributed by atoms with Gasteiger partial charge in [0.2, 0.25) is 5.91 Å². The first-order chi connectivity index (χ1) is 9.45. The Morgan fingerprint density at radius 3 is 2.75 bits per heavy atom. The number of carbonyl (C=O) groups is 1. The number of rotatable bonds is 4. The minimum Gasteiger partial charge on any atom is -0.495 e. The highest BCUT2D eigenvalue weighted by Gasteiger charge is 2.17. The molecule has 1 atom stereocenters. The Hall–Kier alpha value is -1.39. The van der Waals surface area contributed by atoms with Gasteiger partial charge < -0.3 is 15.0 Å². The van der Waals surface area contributed by atoms with E-state index in [1.165, 1.54) is 6.92 Å². The van der Waals surface area contributed by atoms with Gasteiger partial charge in [0.25, 0.3) is 0 Å². The van der Waals surface area contributed by atoms with Crippen molar-refractivity contribution in [2.24, 2.45) is 0 Å². The van der Waals surface area contributed by atoms with E-state index < -0.39 is 0 Å². The second-order valence-corrected chi connectivity index (χ2v) is 5.47. The fraction of sp³-hybridized carbons (Fsp3) is 0.357. The highest BCUT2D eigenvalue weighted by molar-refractivity contribution is 6.46. The van der Waals surface area contributed by atoms with Crippen LogP contribution in [0.1, 0.15) is 25.3 Å². The van der Waals surface area contributed by atoms with Crippen molar-refractivity contribution in [3.63, 3.8) is 0 Å². The number of halogens is 2. The Balaban J connectivity index is 2.45. The standard InChI is InChI=1S/C14H16Cl2N2O2/c1-7(5-17-8(2)19)10-6-18-14-9(10)4-11(20-3)12(15)13(14)16/h4,6-7,18H,5H2,1-3H3,(H,17,19). The molecule has 0 aliphatic rings. The number of methoxy groups -OCH3 is 1. The topological polar surface area (TPSA) is 54.1 Å². The van der Waals surface area contributed by atoms with Gasteiger partial charge in [0.15, 0.2) is 0 Å². The number of benzene rings is 1. The van der Waals surface area contributed by atoms with E-state index in [4.69, 9.17) is 27.9 Å². The van der Waals surface area contributed by atoms with Gasteiger partial charge in [-0.3, -0.25) is 4.79 Å². The van der Waals surface area contributed by atoms with Gasteiger partial charge in [0.05, 0.1) is 17.6 Å². The number of H-pyrrole nitrogens is 1. The monoisotopic (exact) mass is 314 g/mol. The third-order valence-electron chi connectivity index (χ3n) is 3.26. The van der Waals surface area contributed by atoms with Gasteiger partial charge in [-0.05, 0) is 11.6 Å². The summed E-state index contributed by atoms with van der Waals surface area (Å²) in [6, 6.07) is 1.86. The van der Waals surface area contributed by atoms with Crippen molar-refractivity contribution in [2.75, 3.05) is 13.7 Å². The SMILES string of the molecule is COc1cc2c(C(C)CNC(C)=O)c[nH]c2c(Cl)c1Cl. The zero-order valence-electron chi connectivity index (χ0n) is 11.5. The number of aromatic nitrogens is 1. The third-order valence-corrected chi connectivity index (χ3v) is 4.11. The summed E-state index contributed by atoms with van der Waals surface area (Å²) in [6.07, 6.45) is 1.89. The molecular weight excluding hydrogens is 299 g/mol. The molecule has 0 bridgehead atoms. The van der Waals surface area contributed by atoms with Gasteiger partial charge >= 0.3 is 0 Å². The van der Waals surface area contributed by atoms with Crippen molar-refractivity contribution in [3.8, 4) is 5.75 Å². The van der Waals surface area contributed by atoms with Crippen molar-refractivity contribution in [1.82, 2.24) is 10.3 Å². The number of ether oxygens (including phenoxy) is 1. The van der Waals surface area contributed by atoms with Crippen LogP contribution < -0.4 is 10.1 Å². The maximum absolute atomic E-state index is 11.0. The minimum absolute atomic E-state index is 0.0460. The summed E-state index contributed by atoms with van der Waals surface area (Å²) in [5, 5.41) is 4.60. The summed E-state index contributed by atoms with van der Waals surface area (Å²) in [4.78, 5) is 14.1. The molecule has 4 nitrogen and oxygen atoms in total. The molecule has 20 heavy (non-hydrogen) atoms. The molecule has 1 unspecified atom stereocenters. The van der Waals surface area contributed by atoms with E-state index in [1.807, 2.05) is 19.2 Å². The number of fused-ring (bicyclic) bond motifs is 1. The van der Waals surface area contributed by atoms with Crippen LogP contribution in [0.25, 0.3) is 10.9 Å². The van der Waals surface area contributed by atoms with Gasteiger partial charge in [-0.1, -0.05) is 30.1 Å². The Bertz CT molecular complexity index is 652. The lowest BCUT2D eigenvalue weighted by Gasteiger charge is -2.12. The molecule has 1 heterocycles. The number of hydrogen-bond donors (Lipinski definition) is 2. The molecule has 108 valence electrons. The van der Waals surface area contributed by atoms with Crippen LogP contribution in [0.2, 0.25) is 10.0 Å². The molecule has 2 N–H and O–H groups in total. The largest absolute Gasteiger partial charge is 0.495 e. The van der Waals surface area contributed by atoms with Crippen molar-refractivity contribution in [3.05, 3.63) is 27.9 Å². The molecule has 2 rings (SSSR count). The summed E-state index contributed by atoms with van der Waals surface area (Å²) in [6.45, 7) is 4.10. The summed E-state index contributed by atoms with van der Waals surface area (Å²) >= 11 is 12.4. The Morgan fingerprint density at radius 2 is 2.15 bits per heavy atom. The molecule has 0 aliphatic carbocycles. The van der Waals surface area contributed by atoms with Crippen LogP contribution >= 0.6 is 23.2 Å². The molecule has 2 aromatic rings. The van der Waals surface area contributed by atoms with E-state index in [-0.39, 0.29) is 11.8 Å². The van der Waals surface area contributed by atoms with E-state index in [2.05, 4.69) is 10.3 Å². The lowest BCUT2D eigenvalue weighted by Crippen LogP contribution is -2.24. The number of hydrogen-bond acceptors (Lipinski definition) is 2. The fourth-order valence-electron chi connectivity index (χ4n) is 2.16. The number of carbonyl (C=O) groups excluding carboxylic acids is 1. The average molecular weight is 315 g/mol. The zero-order chi connectivity index (χ0) is 14.9. The lowest BCUT2D eigenvalue weighted by atomic mass is 10.0. The quantitative estimate of drug-likeness (QED) is 0.903. The predicted molar refractivity (Wildman–Crippen MR) is 82.0 cm³/mol. The highest BCUT2D eigenvalue weighted by atomic mass is 35.5. The summed E-state index contributed by atoms with van der Waals surface area (Å²) < 4.78 is 5.24. The molecule has 0 radical (unpaired) electrons. The Labute approximate surface area is 127 Å². The fourth-order valence-corrected chi connectivity index (χ4v) is 2.64. The summed E-state index contributed by atoms with van der Waals surface area (Å²) in [5.74, 6) is 0.640. The average Bonchev–Trinajstić information content (AvgIpc) is 2.83. The van der Waals surface area contributed by atoms with Crippen molar-refractivity contribution < 1.29 is 9.53 Å². The second-order valence-electron chi connectivity index (χ2n) is 4.71. The molecule has 0 saturated carbocycles. The van der Waals surface area contributed by atoms with Crippen LogP contribution in [-0.2, 0) is 4.79 Å². The van der Waals surface area contributed by atoms with E-state index in [0.29, 0.717) is 22.3 Å². The second kappa shape index (κ2) is 5.94. The van der Waals surface area contributed by atoms with Crippen molar-refractivity contribution in [2.45, 2.75) is 19.8 Å². The van der Waals surface area contributed by atoms with Crippen molar-refractivity contribution >= 4 is 40.0 Å². The normalized spacial score (nSPS) is 12.4. The van der Waals surface area contributed by atoms with E-state index >= 15 is 0 Å². The highest BCUT2D eigenvalue weighted by Crippen LogP contribution is 2.40. The zero-order valence-corrected chi connectivity index (χ0v) is 13.0. The molecule has 0 saturated heterocycles. The first kappa shape index (κ1) is 15.0. The first-order valence-electron chi connectivity index (χ1n) is 6.23.